The normalized spacial score (nSPS) is 14.1. The second kappa shape index (κ2) is 19.0. The third-order valence-corrected chi connectivity index (χ3v) is 7.97. The number of ether oxygens (including phenoxy) is 4. The van der Waals surface area contributed by atoms with E-state index < -0.39 is 35.8 Å². The van der Waals surface area contributed by atoms with Crippen molar-refractivity contribution in [2.75, 3.05) is 26.4 Å². The Kier molecular flexibility index (Phi) is 14.8. The molecule has 6 aromatic rings. The van der Waals surface area contributed by atoms with Crippen molar-refractivity contribution in [3.8, 4) is 11.4 Å². The first-order valence-corrected chi connectivity index (χ1v) is 16.1. The van der Waals surface area contributed by atoms with E-state index in [0.717, 1.165) is 33.9 Å². The summed E-state index contributed by atoms with van der Waals surface area (Å²) >= 11 is 0. The van der Waals surface area contributed by atoms with Crippen LogP contribution < -0.4 is 0 Å². The fraction of sp³-hybridized carbons (Fsp3) is 0.250. The molecule has 0 saturated carbocycles. The standard InChI is InChI=1S/2C15H14F2NO2.2C5H5.Ti/c2*1-9-7-12(15-19-5-6-20-15)10(2)18(9)14-4-3-11(16)8-13(14)17;2*1-2-4-5-3-1;/h2*3-4,7,15H,5-6H2,1-2H3;2*1-5H;/q4*-1;+4. The molecule has 2 fully saturated rings. The minimum absolute atomic E-state index is 0. The van der Waals surface area contributed by atoms with Gasteiger partial charge in [-0.3, -0.25) is 0 Å². The SMILES string of the molecule is Cc1cc(C2OCCO2)c(C)n1-c1ccc(F)[c-]c1F.Cc1cc(C2OCCO2)c(C)n1-c1ccc(F)[c-]c1F.[Ti+4].c1cc[cH-]c1.c1cc[cH-]c1. The van der Waals surface area contributed by atoms with E-state index in [2.05, 4.69) is 12.1 Å². The van der Waals surface area contributed by atoms with Gasteiger partial charge in [0.05, 0.1) is 26.4 Å². The number of benzene rings is 2. The van der Waals surface area contributed by atoms with E-state index >= 15 is 0 Å². The summed E-state index contributed by atoms with van der Waals surface area (Å²) in [5, 5.41) is 0. The molecule has 51 heavy (non-hydrogen) atoms. The van der Waals surface area contributed by atoms with Gasteiger partial charge in [-0.1, -0.05) is 0 Å². The summed E-state index contributed by atoms with van der Waals surface area (Å²) in [5.74, 6) is -2.86. The van der Waals surface area contributed by atoms with Gasteiger partial charge in [0.1, 0.15) is 0 Å². The van der Waals surface area contributed by atoms with Crippen LogP contribution in [-0.2, 0) is 40.7 Å². The molecule has 0 bridgehead atoms. The van der Waals surface area contributed by atoms with Gasteiger partial charge in [-0.15, -0.1) is 36.4 Å². The first-order valence-electron chi connectivity index (χ1n) is 16.1. The zero-order valence-corrected chi connectivity index (χ0v) is 30.3. The summed E-state index contributed by atoms with van der Waals surface area (Å²) in [7, 11) is 0. The van der Waals surface area contributed by atoms with E-state index in [1.807, 2.05) is 100 Å². The number of hydrogen-bond acceptors (Lipinski definition) is 4. The topological polar surface area (TPSA) is 46.8 Å². The Balaban J connectivity index is 0.000000177. The number of aryl methyl sites for hydroxylation is 2. The first kappa shape index (κ1) is 39.8. The minimum Gasteiger partial charge on any atom is -0.369 e. The predicted molar refractivity (Wildman–Crippen MR) is 181 cm³/mol. The first-order chi connectivity index (χ1) is 24.2. The van der Waals surface area contributed by atoms with E-state index in [9.17, 15) is 17.6 Å². The monoisotopic (exact) mass is 734 g/mol. The fourth-order valence-electron chi connectivity index (χ4n) is 5.73. The molecule has 0 atom stereocenters. The van der Waals surface area contributed by atoms with Gasteiger partial charge in [-0.2, -0.15) is 36.4 Å². The molecule has 0 aliphatic carbocycles. The Bertz CT molecular complexity index is 1750. The van der Waals surface area contributed by atoms with Crippen molar-refractivity contribution >= 4 is 0 Å². The van der Waals surface area contributed by atoms with Crippen LogP contribution in [0.25, 0.3) is 11.4 Å². The van der Waals surface area contributed by atoms with Gasteiger partial charge in [0.2, 0.25) is 0 Å². The van der Waals surface area contributed by atoms with E-state index in [1.54, 1.807) is 9.13 Å². The molecule has 6 nitrogen and oxygen atoms in total. The van der Waals surface area contributed by atoms with E-state index in [0.29, 0.717) is 26.4 Å². The van der Waals surface area contributed by atoms with E-state index in [4.69, 9.17) is 18.9 Å². The van der Waals surface area contributed by atoms with Crippen molar-refractivity contribution in [2.24, 2.45) is 0 Å². The molecule has 264 valence electrons. The van der Waals surface area contributed by atoms with Gasteiger partial charge in [0, 0.05) is 57.2 Å². The molecule has 8 rings (SSSR count). The van der Waals surface area contributed by atoms with Crippen LogP contribution in [-0.4, -0.2) is 35.6 Å². The molecular weight excluding hydrogens is 696 g/mol. The van der Waals surface area contributed by atoms with Crippen LogP contribution in [0.3, 0.4) is 0 Å². The molecular formula is C40H38F4N2O4Ti. The van der Waals surface area contributed by atoms with E-state index in [1.165, 1.54) is 24.3 Å². The molecule has 0 spiro atoms. The Hall–Kier alpha value is -4.03. The largest absolute Gasteiger partial charge is 4.00 e. The number of nitrogens with zero attached hydrogens (tertiary/aromatic N) is 2. The number of halogens is 4. The summed E-state index contributed by atoms with van der Waals surface area (Å²) in [5.41, 5.74) is 5.55. The third-order valence-electron chi connectivity index (χ3n) is 7.97. The predicted octanol–water partition coefficient (Wildman–Crippen LogP) is 9.24. The molecule has 0 unspecified atom stereocenters. The molecule has 11 heteroatoms. The molecule has 4 aromatic carbocycles. The maximum Gasteiger partial charge on any atom is 4.00 e. The molecule has 2 aliphatic heterocycles. The average Bonchev–Trinajstić information content (AvgIpc) is 3.93. The molecule has 2 saturated heterocycles. The zero-order valence-electron chi connectivity index (χ0n) is 28.8. The van der Waals surface area contributed by atoms with Gasteiger partial charge in [-0.25, -0.2) is 41.8 Å². The van der Waals surface area contributed by atoms with Crippen molar-refractivity contribution < 1.29 is 58.2 Å². The minimum atomic E-state index is -0.716. The van der Waals surface area contributed by atoms with Gasteiger partial charge >= 0.3 is 21.7 Å². The Morgan fingerprint density at radius 2 is 0.902 bits per heavy atom. The second-order valence-corrected chi connectivity index (χ2v) is 11.4. The number of rotatable bonds is 4. The van der Waals surface area contributed by atoms with Crippen molar-refractivity contribution in [1.82, 2.24) is 9.13 Å². The van der Waals surface area contributed by atoms with Gasteiger partial charge in [0.15, 0.2) is 12.6 Å². The molecule has 2 aliphatic rings. The molecule has 2 aromatic heterocycles. The molecule has 0 N–H and O–H groups in total. The van der Waals surface area contributed by atoms with Crippen molar-refractivity contribution in [2.45, 2.75) is 40.3 Å². The van der Waals surface area contributed by atoms with Crippen LogP contribution in [0.1, 0.15) is 46.5 Å². The summed E-state index contributed by atoms with van der Waals surface area (Å²) in [6.07, 6.45) is -0.829. The summed E-state index contributed by atoms with van der Waals surface area (Å²) < 4.78 is 79.1. The third kappa shape index (κ3) is 10.1. The maximum absolute atomic E-state index is 13.9. The Morgan fingerprint density at radius 1 is 0.569 bits per heavy atom. The Morgan fingerprint density at radius 3 is 1.18 bits per heavy atom. The van der Waals surface area contributed by atoms with Crippen LogP contribution in [0.2, 0.25) is 0 Å². The van der Waals surface area contributed by atoms with Crippen molar-refractivity contribution in [3.05, 3.63) is 166 Å². The van der Waals surface area contributed by atoms with Crippen LogP contribution in [0, 0.1) is 63.1 Å². The summed E-state index contributed by atoms with van der Waals surface area (Å²) in [6.45, 7) is 9.62. The number of aromatic nitrogens is 2. The summed E-state index contributed by atoms with van der Waals surface area (Å²) in [4.78, 5) is 0. The zero-order chi connectivity index (χ0) is 35.6. The van der Waals surface area contributed by atoms with Gasteiger partial charge in [-0.05, 0) is 51.2 Å². The smallest absolute Gasteiger partial charge is 0.369 e. The van der Waals surface area contributed by atoms with Gasteiger partial charge in [0.25, 0.3) is 0 Å². The summed E-state index contributed by atoms with van der Waals surface area (Å²) in [6, 6.07) is 33.1. The van der Waals surface area contributed by atoms with Crippen LogP contribution in [0.15, 0.2) is 97.1 Å². The molecule has 0 amide bonds. The van der Waals surface area contributed by atoms with Gasteiger partial charge < -0.3 is 28.1 Å². The maximum atomic E-state index is 13.9. The van der Waals surface area contributed by atoms with E-state index in [-0.39, 0.29) is 33.1 Å². The van der Waals surface area contributed by atoms with Crippen molar-refractivity contribution in [3.63, 3.8) is 0 Å². The second-order valence-electron chi connectivity index (χ2n) is 11.4. The quantitative estimate of drug-likeness (QED) is 0.103. The fourth-order valence-corrected chi connectivity index (χ4v) is 5.73. The molecule has 0 radical (unpaired) electrons. The number of hydrogen-bond donors (Lipinski definition) is 0. The molecule has 4 heterocycles. The van der Waals surface area contributed by atoms with Crippen molar-refractivity contribution in [1.29, 1.82) is 0 Å². The average molecular weight is 735 g/mol. The Labute approximate surface area is 310 Å². The van der Waals surface area contributed by atoms with Crippen LogP contribution in [0.5, 0.6) is 0 Å². The van der Waals surface area contributed by atoms with Crippen LogP contribution >= 0.6 is 0 Å². The van der Waals surface area contributed by atoms with Crippen LogP contribution in [0.4, 0.5) is 17.6 Å².